The summed E-state index contributed by atoms with van der Waals surface area (Å²) in [6, 6.07) is 16.8. The van der Waals surface area contributed by atoms with E-state index in [-0.39, 0.29) is 77.4 Å². The van der Waals surface area contributed by atoms with Gasteiger partial charge in [0.1, 0.15) is 22.9 Å². The zero-order valence-corrected chi connectivity index (χ0v) is 48.0. The summed E-state index contributed by atoms with van der Waals surface area (Å²) in [6.07, 6.45) is 4.46. The lowest BCUT2D eigenvalue weighted by Crippen LogP contribution is -2.57. The van der Waals surface area contributed by atoms with Gasteiger partial charge in [-0.25, -0.2) is 18.4 Å². The Bertz CT molecular complexity index is 3010. The number of nitrogens with one attached hydrogen (secondary N) is 4. The van der Waals surface area contributed by atoms with Crippen LogP contribution in [-0.4, -0.2) is 111 Å². The number of aryl methyl sites for hydroxylation is 2. The van der Waals surface area contributed by atoms with Crippen LogP contribution >= 0.6 is 22.9 Å². The second-order valence-corrected chi connectivity index (χ2v) is 25.5. The Kier molecular flexibility index (Phi) is 19.4. The van der Waals surface area contributed by atoms with Crippen molar-refractivity contribution in [1.29, 1.82) is 0 Å². The second kappa shape index (κ2) is 25.5. The van der Waals surface area contributed by atoms with Crippen molar-refractivity contribution in [3.05, 3.63) is 99.8 Å². The Morgan fingerprint density at radius 3 is 2.27 bits per heavy atom. The van der Waals surface area contributed by atoms with Crippen LogP contribution in [0, 0.1) is 19.3 Å². The summed E-state index contributed by atoms with van der Waals surface area (Å²) in [5.74, 6) is 0.296. The predicted molar refractivity (Wildman–Crippen MR) is 303 cm³/mol. The summed E-state index contributed by atoms with van der Waals surface area (Å²) in [4.78, 5) is 72.4. The minimum Gasteiger partial charge on any atom is -0.489 e. The molecule has 0 aliphatic carbocycles. The molecule has 4 heterocycles. The first-order valence-corrected chi connectivity index (χ1v) is 29.3. The van der Waals surface area contributed by atoms with Crippen LogP contribution < -0.4 is 26.0 Å². The van der Waals surface area contributed by atoms with E-state index in [4.69, 9.17) is 16.3 Å². The number of unbranched alkanes of at least 4 members (excludes halogenated alkanes) is 2. The highest BCUT2D eigenvalue weighted by molar-refractivity contribution is 7.92. The molecule has 0 spiro atoms. The van der Waals surface area contributed by atoms with Crippen LogP contribution in [-0.2, 0) is 35.6 Å². The first kappa shape index (κ1) is 58.5. The van der Waals surface area contributed by atoms with Crippen LogP contribution in [0.15, 0.2) is 77.3 Å². The molecule has 20 heteroatoms. The van der Waals surface area contributed by atoms with Crippen LogP contribution in [0.3, 0.4) is 0 Å². The van der Waals surface area contributed by atoms with Gasteiger partial charge in [-0.3, -0.25) is 19.2 Å². The van der Waals surface area contributed by atoms with Crippen molar-refractivity contribution in [1.82, 2.24) is 35.4 Å². The van der Waals surface area contributed by atoms with E-state index < -0.39 is 44.6 Å². The monoisotopic (exact) mass is 1110 g/mol. The molecule has 5 aromatic rings. The number of ether oxygens (including phenoxy) is 1. The molecule has 4 amide bonds. The molecule has 0 radical (unpaired) electrons. The third kappa shape index (κ3) is 14.9. The molecule has 3 atom stereocenters. The molecule has 0 bridgehead atoms. The summed E-state index contributed by atoms with van der Waals surface area (Å²) in [5.41, 5.74) is 7.20. The summed E-state index contributed by atoms with van der Waals surface area (Å²) in [5, 5.41) is 22.5. The molecule has 3 unspecified atom stereocenters. The number of piperidine rings is 1. The van der Waals surface area contributed by atoms with E-state index in [1.54, 1.807) is 49.4 Å². The number of likely N-dealkylation sites (tertiary alicyclic amines) is 2. The molecule has 2 aromatic heterocycles. The number of para-hydroxylation sites is 1. The quantitative estimate of drug-likeness (QED) is 0.0432. The normalized spacial score (nSPS) is 16.6. The van der Waals surface area contributed by atoms with E-state index >= 15 is 0 Å². The van der Waals surface area contributed by atoms with Crippen LogP contribution in [0.5, 0.6) is 5.75 Å². The molecule has 77 heavy (non-hydrogen) atoms. The number of halogens is 1. The van der Waals surface area contributed by atoms with E-state index in [1.165, 1.54) is 11.1 Å². The van der Waals surface area contributed by atoms with Crippen molar-refractivity contribution in [2.24, 2.45) is 5.41 Å². The van der Waals surface area contributed by atoms with Gasteiger partial charge in [-0.15, -0.1) is 11.3 Å². The Morgan fingerprint density at radius 1 is 0.909 bits per heavy atom. The number of aromatic nitrogens is 3. The molecular weight excluding hydrogens is 1040 g/mol. The lowest BCUT2D eigenvalue weighted by atomic mass is 9.85. The molecule has 2 aliphatic heterocycles. The minimum absolute atomic E-state index is 0.00874. The molecule has 5 N–H and O–H groups in total. The van der Waals surface area contributed by atoms with Gasteiger partial charge in [-0.1, -0.05) is 75.2 Å². The fourth-order valence-electron chi connectivity index (χ4n) is 9.78. The Labute approximate surface area is 462 Å². The summed E-state index contributed by atoms with van der Waals surface area (Å²) in [7, 11) is -3.61. The number of thiazole rings is 1. The van der Waals surface area contributed by atoms with E-state index in [1.807, 2.05) is 89.2 Å². The molecule has 2 saturated heterocycles. The standard InChI is InChI=1S/C57H74ClN9O8S2/c1-34(2)75-47-29-42(36(5)27-45(47)63-56-60-31-43(58)53(65-56)62-44-15-13-14-16-48(44)77(73,74)35(3)4)39-23-25-66(26-24-39)50(70)18-12-10-11-17-49(69)64-52(57(7,8)9)55(72)67-32-41(68)28-46(67)54(71)59-30-38-19-21-40(22-20-38)51-37(6)61-33-76-51/h13-16,19-22,27,29,31,33-35,39,41,46,52,68H,10-12,17-18,23-26,28,30,32H2,1-9H3,(H,59,71)(H,64,69)(H2,60,62,63,65). The van der Waals surface area contributed by atoms with Crippen molar-refractivity contribution in [2.75, 3.05) is 30.3 Å². The van der Waals surface area contributed by atoms with E-state index in [2.05, 4.69) is 42.3 Å². The van der Waals surface area contributed by atoms with Crippen LogP contribution in [0.1, 0.15) is 128 Å². The molecule has 17 nitrogen and oxygen atoms in total. The van der Waals surface area contributed by atoms with E-state index in [0.717, 1.165) is 45.7 Å². The zero-order valence-electron chi connectivity index (χ0n) is 45.6. The van der Waals surface area contributed by atoms with Crippen molar-refractivity contribution in [3.8, 4) is 16.2 Å². The smallest absolute Gasteiger partial charge is 0.246 e. The first-order valence-electron chi connectivity index (χ1n) is 26.5. The molecule has 7 rings (SSSR count). The van der Waals surface area contributed by atoms with Gasteiger partial charge in [0.2, 0.25) is 29.6 Å². The maximum Gasteiger partial charge on any atom is 0.246 e. The number of nitrogens with zero attached hydrogens (tertiary/aromatic N) is 5. The zero-order chi connectivity index (χ0) is 55.8. The predicted octanol–water partition coefficient (Wildman–Crippen LogP) is 9.79. The Balaban J connectivity index is 0.871. The number of sulfone groups is 1. The number of carbonyl (C=O) groups excluding carboxylic acids is 4. The van der Waals surface area contributed by atoms with E-state index in [0.29, 0.717) is 55.9 Å². The lowest BCUT2D eigenvalue weighted by Gasteiger charge is -2.35. The summed E-state index contributed by atoms with van der Waals surface area (Å²) < 4.78 is 32.6. The van der Waals surface area contributed by atoms with Crippen LogP contribution in [0.25, 0.3) is 10.4 Å². The third-order valence-electron chi connectivity index (χ3n) is 14.1. The van der Waals surface area contributed by atoms with Crippen molar-refractivity contribution < 1.29 is 37.4 Å². The van der Waals surface area contributed by atoms with Crippen LogP contribution in [0.4, 0.5) is 23.1 Å². The number of anilines is 4. The summed E-state index contributed by atoms with van der Waals surface area (Å²) >= 11 is 8.10. The van der Waals surface area contributed by atoms with Gasteiger partial charge in [-0.05, 0) is 125 Å². The number of aliphatic hydroxyl groups excluding tert-OH is 1. The number of carbonyl (C=O) groups is 4. The van der Waals surface area contributed by atoms with Gasteiger partial charge in [0.15, 0.2) is 15.7 Å². The first-order chi connectivity index (χ1) is 36.5. The third-order valence-corrected chi connectivity index (χ3v) is 17.5. The van der Waals surface area contributed by atoms with Crippen molar-refractivity contribution >= 4 is 79.5 Å². The fraction of sp³-hybridized carbons (Fsp3) is 0.491. The van der Waals surface area contributed by atoms with Crippen molar-refractivity contribution in [3.63, 3.8) is 0 Å². The number of hydrogen-bond acceptors (Lipinski definition) is 14. The van der Waals surface area contributed by atoms with Gasteiger partial charge in [0.25, 0.3) is 0 Å². The molecule has 414 valence electrons. The number of hydrogen-bond donors (Lipinski definition) is 5. The molecule has 2 fully saturated rings. The summed E-state index contributed by atoms with van der Waals surface area (Å²) in [6.45, 7) is 18.2. The average Bonchev–Trinajstić information content (AvgIpc) is 4.01. The minimum atomic E-state index is -3.61. The maximum absolute atomic E-state index is 14.1. The highest BCUT2D eigenvalue weighted by Crippen LogP contribution is 2.39. The average molecular weight is 1110 g/mol. The van der Waals surface area contributed by atoms with Gasteiger partial charge in [0, 0.05) is 45.4 Å². The number of aliphatic hydroxyl groups is 1. The van der Waals surface area contributed by atoms with Gasteiger partial charge < -0.3 is 40.9 Å². The van der Waals surface area contributed by atoms with Gasteiger partial charge >= 0.3 is 0 Å². The van der Waals surface area contributed by atoms with Gasteiger partial charge in [-0.2, -0.15) is 4.98 Å². The lowest BCUT2D eigenvalue weighted by molar-refractivity contribution is -0.144. The largest absolute Gasteiger partial charge is 0.489 e. The molecule has 2 aliphatic rings. The molecular formula is C57H74ClN9O8S2. The highest BCUT2D eigenvalue weighted by atomic mass is 35.5. The number of rotatable bonds is 21. The fourth-order valence-corrected chi connectivity index (χ4v) is 11.9. The highest BCUT2D eigenvalue weighted by Gasteiger charge is 2.44. The molecule has 3 aromatic carbocycles. The number of β-amino-alcohol motifs (C(OH)–C–C–N with tert-alkyl or cyclic N) is 1. The van der Waals surface area contributed by atoms with Crippen LogP contribution in [0.2, 0.25) is 5.02 Å². The number of amides is 4. The van der Waals surface area contributed by atoms with Crippen molar-refractivity contribution in [2.45, 2.75) is 161 Å². The second-order valence-electron chi connectivity index (χ2n) is 21.8. The topological polar surface area (TPSA) is 225 Å². The maximum atomic E-state index is 14.1. The van der Waals surface area contributed by atoms with E-state index in [9.17, 15) is 32.7 Å². The Hall–Kier alpha value is -6.15. The SMILES string of the molecule is Cc1cc(Nc2ncc(Cl)c(Nc3ccccc3S(=O)(=O)C(C)C)n2)c(OC(C)C)cc1C1CCN(C(=O)CCCCCC(=O)NC(C(=O)N2CC(O)CC2C(=O)NCc2ccc(-c3scnc3C)cc2)C(C)(C)C)CC1. The Morgan fingerprint density at radius 2 is 1.61 bits per heavy atom. The van der Waals surface area contributed by atoms with Gasteiger partial charge in [0.05, 0.1) is 56.0 Å². The molecule has 0 saturated carbocycles. The number of benzene rings is 3.